The fourth-order valence-electron chi connectivity index (χ4n) is 7.28. The zero-order valence-electron chi connectivity index (χ0n) is 27.3. The quantitative estimate of drug-likeness (QED) is 0.177. The molecular weight excluding hydrogens is 591 g/mol. The fourth-order valence-corrected chi connectivity index (χ4v) is 7.28. The maximum Gasteiger partial charge on any atom is 0.191 e. The van der Waals surface area contributed by atoms with Crippen LogP contribution < -0.4 is 0 Å². The topological polar surface area (TPSA) is 106 Å². The third-order valence-electron chi connectivity index (χ3n) is 9.96. The molecule has 0 aliphatic heterocycles. The Balaban J connectivity index is 0.000000185. The number of Topliss-reactive ketones (excluding diaryl/α,β-unsaturated/α-hetero) is 2. The number of aliphatic hydroxyl groups excluding tert-OH is 1. The lowest BCUT2D eigenvalue weighted by Crippen LogP contribution is -2.32. The summed E-state index contributed by atoms with van der Waals surface area (Å²) in [7, 11) is 0. The Bertz CT molecular complexity index is 1600. The second-order valence-electron chi connectivity index (χ2n) is 13.0. The molecule has 0 radical (unpaired) electrons. The Kier molecular flexibility index (Phi) is 11.7. The predicted octanol–water partition coefficient (Wildman–Crippen LogP) is 7.75. The minimum atomic E-state index is -0.503. The largest absolute Gasteiger partial charge is 0.388 e. The molecule has 2 aliphatic carbocycles. The summed E-state index contributed by atoms with van der Waals surface area (Å²) in [5.74, 6) is 1.02. The highest BCUT2D eigenvalue weighted by atomic mass is 19.1. The van der Waals surface area contributed by atoms with Gasteiger partial charge in [-0.3, -0.25) is 9.59 Å². The Hall–Kier alpha value is -4.17. The number of hydrogen-bond acceptors (Lipinski definition) is 7. The first-order chi connectivity index (χ1) is 22.9. The summed E-state index contributed by atoms with van der Waals surface area (Å²) >= 11 is 0. The SMILES string of the molecule is CCC(=O)c1cnc(CC2(c3cccc(F)c3)CCCCC2)nc1.O=C(CO)c1cnc(CC2(c3ccccc3)CCCCC2)nc1. The highest BCUT2D eigenvalue weighted by molar-refractivity contribution is 5.96. The van der Waals surface area contributed by atoms with Crippen LogP contribution in [0.5, 0.6) is 0 Å². The van der Waals surface area contributed by atoms with Crippen LogP contribution in [0.25, 0.3) is 0 Å². The zero-order valence-corrected chi connectivity index (χ0v) is 27.3. The molecule has 2 aromatic carbocycles. The second kappa shape index (κ2) is 16.1. The van der Waals surface area contributed by atoms with Gasteiger partial charge in [0.1, 0.15) is 24.1 Å². The van der Waals surface area contributed by atoms with Crippen LogP contribution in [0.3, 0.4) is 0 Å². The van der Waals surface area contributed by atoms with Crippen LogP contribution in [0.4, 0.5) is 4.39 Å². The van der Waals surface area contributed by atoms with Crippen LogP contribution in [0, 0.1) is 5.82 Å². The number of nitrogens with zero attached hydrogens (tertiary/aromatic N) is 4. The summed E-state index contributed by atoms with van der Waals surface area (Å²) < 4.78 is 13.7. The summed E-state index contributed by atoms with van der Waals surface area (Å²) in [6.45, 7) is 1.33. The standard InChI is InChI=1S/C20H23FN2O.C19H22N2O2/c1-2-18(24)15-13-22-19(23-14-15)12-20(9-4-3-5-10-20)16-7-6-8-17(21)11-16;22-14-17(23)15-12-20-18(21-13-15)11-19(9-5-2-6-10-19)16-7-3-1-4-8-16/h6-8,11,13-14H,2-5,9-10,12H2,1H3;1,3-4,7-8,12-13,22H,2,5-6,9-11,14H2. The number of carbonyl (C=O) groups is 2. The first-order valence-corrected chi connectivity index (χ1v) is 17.0. The van der Waals surface area contributed by atoms with Gasteiger partial charge in [-0.15, -0.1) is 0 Å². The average Bonchev–Trinajstić information content (AvgIpc) is 3.13. The van der Waals surface area contributed by atoms with Crippen molar-refractivity contribution >= 4 is 11.6 Å². The van der Waals surface area contributed by atoms with Gasteiger partial charge in [0.2, 0.25) is 0 Å². The molecule has 6 rings (SSSR count). The third-order valence-corrected chi connectivity index (χ3v) is 9.96. The van der Waals surface area contributed by atoms with Crippen molar-refractivity contribution in [2.45, 2.75) is 101 Å². The molecule has 4 aromatic rings. The maximum absolute atomic E-state index is 13.7. The molecule has 47 heavy (non-hydrogen) atoms. The predicted molar refractivity (Wildman–Crippen MR) is 180 cm³/mol. The molecule has 0 atom stereocenters. The van der Waals surface area contributed by atoms with E-state index in [4.69, 9.17) is 5.11 Å². The van der Waals surface area contributed by atoms with Crippen molar-refractivity contribution < 1.29 is 19.1 Å². The first-order valence-electron chi connectivity index (χ1n) is 17.0. The molecule has 2 saturated carbocycles. The molecule has 0 bridgehead atoms. The molecule has 2 fully saturated rings. The van der Waals surface area contributed by atoms with E-state index in [1.165, 1.54) is 49.7 Å². The van der Waals surface area contributed by atoms with E-state index in [9.17, 15) is 14.0 Å². The van der Waals surface area contributed by atoms with Gasteiger partial charge in [0.05, 0.1) is 11.1 Å². The van der Waals surface area contributed by atoms with Gasteiger partial charge in [-0.1, -0.05) is 87.9 Å². The lowest BCUT2D eigenvalue weighted by Gasteiger charge is -2.37. The Morgan fingerprint density at radius 2 is 1.13 bits per heavy atom. The first kappa shape index (κ1) is 34.2. The van der Waals surface area contributed by atoms with Crippen LogP contribution in [0.1, 0.15) is 121 Å². The van der Waals surface area contributed by atoms with E-state index in [2.05, 4.69) is 44.2 Å². The monoisotopic (exact) mass is 636 g/mol. The number of aliphatic hydroxyl groups is 1. The van der Waals surface area contributed by atoms with Gasteiger partial charge in [0.15, 0.2) is 11.6 Å². The number of halogens is 1. The van der Waals surface area contributed by atoms with E-state index in [0.29, 0.717) is 24.0 Å². The minimum absolute atomic E-state index is 0.0547. The average molecular weight is 637 g/mol. The molecule has 0 saturated heterocycles. The third kappa shape index (κ3) is 8.60. The molecule has 1 N–H and O–H groups in total. The van der Waals surface area contributed by atoms with Crippen molar-refractivity contribution in [1.29, 1.82) is 0 Å². The van der Waals surface area contributed by atoms with E-state index < -0.39 is 6.61 Å². The van der Waals surface area contributed by atoms with Gasteiger partial charge in [-0.05, 0) is 48.9 Å². The second-order valence-corrected chi connectivity index (χ2v) is 13.0. The number of ketones is 2. The van der Waals surface area contributed by atoms with Crippen molar-refractivity contribution in [3.8, 4) is 0 Å². The van der Waals surface area contributed by atoms with Crippen molar-refractivity contribution in [2.75, 3.05) is 6.61 Å². The summed E-state index contributed by atoms with van der Waals surface area (Å²) in [5.41, 5.74) is 3.33. The Morgan fingerprint density at radius 1 is 0.660 bits per heavy atom. The smallest absolute Gasteiger partial charge is 0.191 e. The molecule has 246 valence electrons. The number of rotatable bonds is 10. The number of benzene rings is 2. The molecule has 0 spiro atoms. The van der Waals surface area contributed by atoms with Gasteiger partial charge in [0, 0.05) is 54.9 Å². The number of aromatic nitrogens is 4. The van der Waals surface area contributed by atoms with Gasteiger partial charge in [-0.25, -0.2) is 24.3 Å². The van der Waals surface area contributed by atoms with Crippen LogP contribution in [-0.2, 0) is 23.7 Å². The van der Waals surface area contributed by atoms with E-state index in [1.807, 2.05) is 19.1 Å². The van der Waals surface area contributed by atoms with E-state index >= 15 is 0 Å². The molecule has 0 unspecified atom stereocenters. The van der Waals surface area contributed by atoms with Crippen molar-refractivity contribution in [3.05, 3.63) is 119 Å². The van der Waals surface area contributed by atoms with Gasteiger partial charge in [0.25, 0.3) is 0 Å². The molecule has 8 heteroatoms. The molecule has 2 aliphatic rings. The molecule has 0 amide bonds. The summed E-state index contributed by atoms with van der Waals surface area (Å²) in [6, 6.07) is 17.6. The van der Waals surface area contributed by atoms with Crippen LogP contribution in [0.15, 0.2) is 79.4 Å². The van der Waals surface area contributed by atoms with Gasteiger partial charge >= 0.3 is 0 Å². The van der Waals surface area contributed by atoms with Crippen molar-refractivity contribution in [2.24, 2.45) is 0 Å². The van der Waals surface area contributed by atoms with Crippen LogP contribution >= 0.6 is 0 Å². The van der Waals surface area contributed by atoms with E-state index in [0.717, 1.165) is 62.2 Å². The Morgan fingerprint density at radius 3 is 1.60 bits per heavy atom. The lowest BCUT2D eigenvalue weighted by molar-refractivity contribution is 0.0902. The van der Waals surface area contributed by atoms with E-state index in [-0.39, 0.29) is 28.2 Å². The Labute approximate surface area is 277 Å². The molecule has 2 heterocycles. The molecule has 7 nitrogen and oxygen atoms in total. The molecule has 2 aromatic heterocycles. The van der Waals surface area contributed by atoms with E-state index in [1.54, 1.807) is 24.5 Å². The van der Waals surface area contributed by atoms with Crippen molar-refractivity contribution in [3.63, 3.8) is 0 Å². The number of carbonyl (C=O) groups excluding carboxylic acids is 2. The highest BCUT2D eigenvalue weighted by Gasteiger charge is 2.36. The van der Waals surface area contributed by atoms with Crippen LogP contribution in [-0.4, -0.2) is 43.2 Å². The lowest BCUT2D eigenvalue weighted by atomic mass is 9.67. The van der Waals surface area contributed by atoms with Crippen molar-refractivity contribution in [1.82, 2.24) is 19.9 Å². The summed E-state index contributed by atoms with van der Waals surface area (Å²) in [5, 5.41) is 8.90. The maximum atomic E-state index is 13.7. The number of hydrogen-bond donors (Lipinski definition) is 1. The fraction of sp³-hybridized carbons (Fsp3) is 0.436. The highest BCUT2D eigenvalue weighted by Crippen LogP contribution is 2.43. The zero-order chi connectivity index (χ0) is 33.1. The van der Waals surface area contributed by atoms with Crippen LogP contribution in [0.2, 0.25) is 0 Å². The summed E-state index contributed by atoms with van der Waals surface area (Å²) in [4.78, 5) is 40.7. The molecular formula is C39H45FN4O3. The minimum Gasteiger partial charge on any atom is -0.388 e. The normalized spacial score (nSPS) is 16.8. The van der Waals surface area contributed by atoms with Gasteiger partial charge < -0.3 is 5.11 Å². The summed E-state index contributed by atoms with van der Waals surface area (Å²) in [6.07, 6.45) is 19.9. The van der Waals surface area contributed by atoms with Gasteiger partial charge in [-0.2, -0.15) is 0 Å².